The zero-order chi connectivity index (χ0) is 28.1. The molecule has 4 aromatic carbocycles. The molecule has 1 heterocycles. The van der Waals surface area contributed by atoms with Gasteiger partial charge >= 0.3 is 0 Å². The maximum atomic E-state index is 13.3. The van der Waals surface area contributed by atoms with E-state index in [2.05, 4.69) is 87.6 Å². The van der Waals surface area contributed by atoms with Gasteiger partial charge in [0, 0.05) is 37.4 Å². The van der Waals surface area contributed by atoms with E-state index in [9.17, 15) is 4.79 Å². The molecular formula is C35H36N4OS. The van der Waals surface area contributed by atoms with Crippen LogP contribution in [0.5, 0.6) is 0 Å². The lowest BCUT2D eigenvalue weighted by Crippen LogP contribution is -2.32. The Kier molecular flexibility index (Phi) is 10.4. The van der Waals surface area contributed by atoms with Crippen LogP contribution >= 0.6 is 11.8 Å². The van der Waals surface area contributed by atoms with E-state index in [0.717, 1.165) is 60.2 Å². The maximum Gasteiger partial charge on any atom is 0.222 e. The van der Waals surface area contributed by atoms with Gasteiger partial charge in [0.25, 0.3) is 0 Å². The molecule has 0 aliphatic rings. The van der Waals surface area contributed by atoms with Gasteiger partial charge in [0.15, 0.2) is 5.16 Å². The van der Waals surface area contributed by atoms with Crippen molar-refractivity contribution < 1.29 is 4.79 Å². The van der Waals surface area contributed by atoms with Crippen LogP contribution in [0, 0.1) is 0 Å². The van der Waals surface area contributed by atoms with Crippen molar-refractivity contribution in [1.29, 1.82) is 0 Å². The average molecular weight is 561 g/mol. The van der Waals surface area contributed by atoms with Gasteiger partial charge < -0.3 is 4.90 Å². The van der Waals surface area contributed by atoms with E-state index in [1.54, 1.807) is 11.8 Å². The molecule has 0 atom stereocenters. The number of nitrogens with zero attached hydrogens (tertiary/aromatic N) is 4. The Balaban J connectivity index is 1.17. The summed E-state index contributed by atoms with van der Waals surface area (Å²) in [6, 6.07) is 41.3. The summed E-state index contributed by atoms with van der Waals surface area (Å²) in [5.41, 5.74) is 4.69. The predicted octanol–water partition coefficient (Wildman–Crippen LogP) is 7.39. The highest BCUT2D eigenvalue weighted by atomic mass is 32.2. The van der Waals surface area contributed by atoms with Crippen molar-refractivity contribution in [3.05, 3.63) is 144 Å². The monoisotopic (exact) mass is 560 g/mol. The molecule has 0 N–H and O–H groups in total. The Hall–Kier alpha value is -4.16. The van der Waals surface area contributed by atoms with Gasteiger partial charge in [-0.3, -0.25) is 9.36 Å². The molecule has 0 aliphatic heterocycles. The summed E-state index contributed by atoms with van der Waals surface area (Å²) in [4.78, 5) is 15.3. The number of rotatable bonds is 14. The standard InChI is InChI=1S/C35H36N4OS/c40-34(38(28-31-19-9-3-10-20-31)25-24-29-15-5-1-6-16-29)23-13-14-26-41-35-37-36-33(27-30-17-7-2-8-18-30)39(35)32-21-11-4-12-22-32/h1-12,15-22H,13-14,23-28H2. The quantitative estimate of drug-likeness (QED) is 0.105. The number of para-hydroxylation sites is 1. The van der Waals surface area contributed by atoms with Gasteiger partial charge in [0.2, 0.25) is 5.91 Å². The molecule has 41 heavy (non-hydrogen) atoms. The molecule has 208 valence electrons. The normalized spacial score (nSPS) is 10.9. The Labute approximate surface area is 247 Å². The van der Waals surface area contributed by atoms with E-state index in [4.69, 9.17) is 0 Å². The highest BCUT2D eigenvalue weighted by Crippen LogP contribution is 2.24. The van der Waals surface area contributed by atoms with E-state index in [1.165, 1.54) is 11.1 Å². The lowest BCUT2D eigenvalue weighted by molar-refractivity contribution is -0.131. The minimum atomic E-state index is 0.215. The number of hydrogen-bond donors (Lipinski definition) is 0. The molecule has 0 spiro atoms. The Morgan fingerprint density at radius 1 is 0.683 bits per heavy atom. The lowest BCUT2D eigenvalue weighted by atomic mass is 10.1. The fourth-order valence-corrected chi connectivity index (χ4v) is 5.80. The number of amides is 1. The zero-order valence-electron chi connectivity index (χ0n) is 23.3. The minimum Gasteiger partial charge on any atom is -0.338 e. The first-order valence-electron chi connectivity index (χ1n) is 14.3. The molecule has 0 saturated heterocycles. The van der Waals surface area contributed by atoms with Crippen LogP contribution in [0.3, 0.4) is 0 Å². The first kappa shape index (κ1) is 28.4. The van der Waals surface area contributed by atoms with Crippen LogP contribution in [0.15, 0.2) is 126 Å². The summed E-state index contributed by atoms with van der Waals surface area (Å²) in [5, 5.41) is 10.00. The van der Waals surface area contributed by atoms with Gasteiger partial charge in [-0.25, -0.2) is 0 Å². The summed E-state index contributed by atoms with van der Waals surface area (Å²) < 4.78 is 2.16. The molecule has 0 radical (unpaired) electrons. The number of thioether (sulfide) groups is 1. The fourth-order valence-electron chi connectivity index (χ4n) is 4.83. The number of benzene rings is 4. The van der Waals surface area contributed by atoms with Gasteiger partial charge in [-0.2, -0.15) is 0 Å². The molecular weight excluding hydrogens is 524 g/mol. The zero-order valence-corrected chi connectivity index (χ0v) is 24.1. The molecule has 6 heteroatoms. The van der Waals surface area contributed by atoms with Crippen molar-refractivity contribution >= 4 is 17.7 Å². The summed E-state index contributed by atoms with van der Waals surface area (Å²) in [6.07, 6.45) is 3.91. The van der Waals surface area contributed by atoms with Gasteiger partial charge in [-0.1, -0.05) is 121 Å². The highest BCUT2D eigenvalue weighted by Gasteiger charge is 2.16. The number of carbonyl (C=O) groups is 1. The molecule has 0 aliphatic carbocycles. The predicted molar refractivity (Wildman–Crippen MR) is 167 cm³/mol. The Bertz CT molecular complexity index is 1470. The van der Waals surface area contributed by atoms with Crippen molar-refractivity contribution in [2.45, 2.75) is 43.8 Å². The van der Waals surface area contributed by atoms with E-state index in [1.807, 2.05) is 53.4 Å². The molecule has 0 fully saturated rings. The average Bonchev–Trinajstić information content (AvgIpc) is 3.42. The second-order valence-electron chi connectivity index (χ2n) is 10.1. The van der Waals surface area contributed by atoms with Crippen LogP contribution in [0.1, 0.15) is 41.8 Å². The van der Waals surface area contributed by atoms with Crippen molar-refractivity contribution in [1.82, 2.24) is 19.7 Å². The van der Waals surface area contributed by atoms with Crippen LogP contribution in [-0.4, -0.2) is 37.9 Å². The van der Waals surface area contributed by atoms with Crippen molar-refractivity contribution in [3.8, 4) is 5.69 Å². The topological polar surface area (TPSA) is 51.0 Å². The van der Waals surface area contributed by atoms with E-state index in [-0.39, 0.29) is 5.91 Å². The molecule has 1 amide bonds. The third-order valence-corrected chi connectivity index (χ3v) is 8.03. The van der Waals surface area contributed by atoms with Crippen molar-refractivity contribution in [3.63, 3.8) is 0 Å². The van der Waals surface area contributed by atoms with Crippen LogP contribution in [0.25, 0.3) is 5.69 Å². The summed E-state index contributed by atoms with van der Waals surface area (Å²) >= 11 is 1.71. The van der Waals surface area contributed by atoms with Crippen LogP contribution in [0.4, 0.5) is 0 Å². The summed E-state index contributed by atoms with van der Waals surface area (Å²) in [5.74, 6) is 2.02. The molecule has 5 aromatic rings. The van der Waals surface area contributed by atoms with Crippen LogP contribution in [-0.2, 0) is 24.2 Å². The first-order chi connectivity index (χ1) is 20.3. The lowest BCUT2D eigenvalue weighted by Gasteiger charge is -2.23. The van der Waals surface area contributed by atoms with Crippen LogP contribution in [0.2, 0.25) is 0 Å². The second-order valence-corrected chi connectivity index (χ2v) is 11.1. The SMILES string of the molecule is O=C(CCCCSc1nnc(Cc2ccccc2)n1-c1ccccc1)N(CCc1ccccc1)Cc1ccccc1. The van der Waals surface area contributed by atoms with Crippen molar-refractivity contribution in [2.24, 2.45) is 0 Å². The van der Waals surface area contributed by atoms with Gasteiger partial charge in [0.05, 0.1) is 0 Å². The molecule has 0 bridgehead atoms. The molecule has 0 saturated carbocycles. The summed E-state index contributed by atoms with van der Waals surface area (Å²) in [6.45, 7) is 1.36. The molecule has 5 nitrogen and oxygen atoms in total. The van der Waals surface area contributed by atoms with E-state index >= 15 is 0 Å². The first-order valence-corrected chi connectivity index (χ1v) is 15.3. The smallest absolute Gasteiger partial charge is 0.222 e. The number of carbonyl (C=O) groups excluding carboxylic acids is 1. The van der Waals surface area contributed by atoms with E-state index < -0.39 is 0 Å². The fraction of sp³-hybridized carbons (Fsp3) is 0.229. The molecule has 1 aromatic heterocycles. The Morgan fingerprint density at radius 3 is 1.93 bits per heavy atom. The van der Waals surface area contributed by atoms with Gasteiger partial charge in [-0.05, 0) is 48.1 Å². The third-order valence-electron chi connectivity index (χ3n) is 7.02. The number of aromatic nitrogens is 3. The molecule has 5 rings (SSSR count). The van der Waals surface area contributed by atoms with Crippen molar-refractivity contribution in [2.75, 3.05) is 12.3 Å². The van der Waals surface area contributed by atoms with Crippen LogP contribution < -0.4 is 0 Å². The minimum absolute atomic E-state index is 0.215. The molecule has 0 unspecified atom stereocenters. The van der Waals surface area contributed by atoms with Gasteiger partial charge in [0.1, 0.15) is 5.82 Å². The van der Waals surface area contributed by atoms with E-state index in [0.29, 0.717) is 13.0 Å². The number of unbranched alkanes of at least 4 members (excludes halogenated alkanes) is 1. The number of hydrogen-bond acceptors (Lipinski definition) is 4. The highest BCUT2D eigenvalue weighted by molar-refractivity contribution is 7.99. The second kappa shape index (κ2) is 15.0. The third kappa shape index (κ3) is 8.41. The largest absolute Gasteiger partial charge is 0.338 e. The van der Waals surface area contributed by atoms with Gasteiger partial charge in [-0.15, -0.1) is 10.2 Å². The maximum absolute atomic E-state index is 13.3. The summed E-state index contributed by atoms with van der Waals surface area (Å²) in [7, 11) is 0. The Morgan fingerprint density at radius 2 is 1.27 bits per heavy atom.